The Labute approximate surface area is 90.9 Å². The summed E-state index contributed by atoms with van der Waals surface area (Å²) < 4.78 is 1.86. The third-order valence-corrected chi connectivity index (χ3v) is 3.34. The van der Waals surface area contributed by atoms with Gasteiger partial charge in [-0.2, -0.15) is 0 Å². The van der Waals surface area contributed by atoms with Gasteiger partial charge in [0.25, 0.3) is 0 Å². The monoisotopic (exact) mass is 219 g/mol. The number of nitrogens with zero attached hydrogens (tertiary/aromatic N) is 4. The Bertz CT molecular complexity index is 455. The maximum atomic E-state index is 4.01. The minimum absolute atomic E-state index is 0.293. The van der Waals surface area contributed by atoms with Crippen molar-refractivity contribution in [3.63, 3.8) is 0 Å². The first kappa shape index (κ1) is 8.72. The molecule has 1 atom stereocenters. The average Bonchev–Trinajstić information content (AvgIpc) is 2.77. The van der Waals surface area contributed by atoms with E-state index >= 15 is 0 Å². The van der Waals surface area contributed by atoms with Crippen molar-refractivity contribution in [2.75, 3.05) is 11.2 Å². The van der Waals surface area contributed by atoms with Crippen LogP contribution in [0.4, 0.5) is 0 Å². The molecule has 3 heterocycles. The molecule has 0 amide bonds. The van der Waals surface area contributed by atoms with Crippen LogP contribution in [-0.2, 0) is 0 Å². The highest BCUT2D eigenvalue weighted by atomic mass is 32.2. The molecule has 0 spiro atoms. The number of rotatable bonds is 1. The lowest BCUT2D eigenvalue weighted by Gasteiger charge is -2.24. The summed E-state index contributed by atoms with van der Waals surface area (Å²) >= 11 is 1.70. The first-order chi connectivity index (χ1) is 7.43. The van der Waals surface area contributed by atoms with Gasteiger partial charge in [0.05, 0.1) is 6.04 Å². The van der Waals surface area contributed by atoms with Gasteiger partial charge in [-0.1, -0.05) is 11.8 Å². The highest BCUT2D eigenvalue weighted by Gasteiger charge is 2.20. The van der Waals surface area contributed by atoms with Gasteiger partial charge >= 0.3 is 0 Å². The molecule has 0 radical (unpaired) electrons. The first-order valence-electron chi connectivity index (χ1n) is 4.63. The summed E-state index contributed by atoms with van der Waals surface area (Å²) in [4.78, 5) is 4.01. The van der Waals surface area contributed by atoms with Gasteiger partial charge in [0.1, 0.15) is 6.33 Å². The maximum absolute atomic E-state index is 4.01. The van der Waals surface area contributed by atoms with Crippen molar-refractivity contribution in [2.45, 2.75) is 11.2 Å². The maximum Gasteiger partial charge on any atom is 0.209 e. The molecule has 0 aliphatic carbocycles. The van der Waals surface area contributed by atoms with Crippen LogP contribution in [0.25, 0.3) is 0 Å². The standard InChI is InChI=1S/C9H9N5S/c1-3-10-4-2-7(1)8-5-15-9-12-11-6-14(9)13-8/h1-4,6,8,13H,5H2. The average molecular weight is 219 g/mol. The molecule has 1 aliphatic heterocycles. The zero-order chi connectivity index (χ0) is 10.1. The fourth-order valence-electron chi connectivity index (χ4n) is 1.54. The summed E-state index contributed by atoms with van der Waals surface area (Å²) in [5.41, 5.74) is 4.57. The van der Waals surface area contributed by atoms with Crippen molar-refractivity contribution in [2.24, 2.45) is 0 Å². The van der Waals surface area contributed by atoms with Gasteiger partial charge in [-0.25, -0.2) is 4.68 Å². The second-order valence-corrected chi connectivity index (χ2v) is 4.24. The van der Waals surface area contributed by atoms with Crippen LogP contribution < -0.4 is 5.43 Å². The van der Waals surface area contributed by atoms with Gasteiger partial charge in [0, 0.05) is 18.1 Å². The van der Waals surface area contributed by atoms with Gasteiger partial charge in [0.2, 0.25) is 5.16 Å². The zero-order valence-electron chi connectivity index (χ0n) is 7.87. The summed E-state index contributed by atoms with van der Waals surface area (Å²) in [7, 11) is 0. The quantitative estimate of drug-likeness (QED) is 0.777. The molecule has 76 valence electrons. The first-order valence-corrected chi connectivity index (χ1v) is 5.61. The molecule has 1 unspecified atom stereocenters. The largest absolute Gasteiger partial charge is 0.314 e. The summed E-state index contributed by atoms with van der Waals surface area (Å²) in [6.07, 6.45) is 5.31. The Morgan fingerprint density at radius 2 is 2.27 bits per heavy atom. The van der Waals surface area contributed by atoms with E-state index in [-0.39, 0.29) is 0 Å². The number of fused-ring (bicyclic) bond motifs is 1. The fourth-order valence-corrected chi connectivity index (χ4v) is 2.47. The van der Waals surface area contributed by atoms with E-state index in [9.17, 15) is 0 Å². The van der Waals surface area contributed by atoms with Crippen LogP contribution in [0.3, 0.4) is 0 Å². The van der Waals surface area contributed by atoms with Gasteiger partial charge in [-0.15, -0.1) is 10.2 Å². The van der Waals surface area contributed by atoms with Crippen LogP contribution in [0.5, 0.6) is 0 Å². The van der Waals surface area contributed by atoms with Crippen LogP contribution in [0, 0.1) is 0 Å². The summed E-state index contributed by atoms with van der Waals surface area (Å²) in [6.45, 7) is 0. The lowest BCUT2D eigenvalue weighted by molar-refractivity contribution is 0.658. The highest BCUT2D eigenvalue weighted by molar-refractivity contribution is 7.99. The second-order valence-electron chi connectivity index (χ2n) is 3.26. The zero-order valence-corrected chi connectivity index (χ0v) is 8.68. The van der Waals surface area contributed by atoms with E-state index in [0.29, 0.717) is 6.04 Å². The summed E-state index contributed by atoms with van der Waals surface area (Å²) in [5.74, 6) is 0.961. The minimum atomic E-state index is 0.293. The molecule has 0 saturated heterocycles. The molecule has 2 aromatic rings. The molecule has 0 aromatic carbocycles. The molecule has 6 heteroatoms. The molecular weight excluding hydrogens is 210 g/mol. The van der Waals surface area contributed by atoms with E-state index in [1.54, 1.807) is 18.1 Å². The molecule has 0 bridgehead atoms. The van der Waals surface area contributed by atoms with Crippen molar-refractivity contribution < 1.29 is 0 Å². The number of hydrogen-bond donors (Lipinski definition) is 1. The molecular formula is C9H9N5S. The molecule has 2 aromatic heterocycles. The third-order valence-electron chi connectivity index (χ3n) is 2.30. The highest BCUT2D eigenvalue weighted by Crippen LogP contribution is 2.27. The molecule has 3 rings (SSSR count). The Hall–Kier alpha value is -1.56. The molecule has 5 nitrogen and oxygen atoms in total. The van der Waals surface area contributed by atoms with Gasteiger partial charge in [-0.05, 0) is 17.7 Å². The summed E-state index contributed by atoms with van der Waals surface area (Å²) in [5, 5.41) is 8.75. The predicted molar refractivity (Wildman–Crippen MR) is 57.1 cm³/mol. The number of pyridine rings is 1. The Balaban J connectivity index is 1.88. The van der Waals surface area contributed by atoms with E-state index < -0.39 is 0 Å². The van der Waals surface area contributed by atoms with Gasteiger partial charge in [-0.3, -0.25) is 4.98 Å². The Morgan fingerprint density at radius 3 is 3.13 bits per heavy atom. The molecule has 15 heavy (non-hydrogen) atoms. The van der Waals surface area contributed by atoms with Gasteiger partial charge in [0.15, 0.2) is 0 Å². The van der Waals surface area contributed by atoms with Crippen LogP contribution in [0.15, 0.2) is 36.0 Å². The van der Waals surface area contributed by atoms with E-state index in [4.69, 9.17) is 0 Å². The number of thioether (sulfide) groups is 1. The normalized spacial score (nSPS) is 19.3. The van der Waals surface area contributed by atoms with E-state index in [0.717, 1.165) is 10.9 Å². The molecule has 0 saturated carbocycles. The van der Waals surface area contributed by atoms with E-state index in [2.05, 4.69) is 20.6 Å². The molecule has 0 fully saturated rings. The SMILES string of the molecule is c1cc(C2CSc3nncn3N2)ccn1. The molecule has 1 aliphatic rings. The van der Waals surface area contributed by atoms with Gasteiger partial charge < -0.3 is 5.43 Å². The van der Waals surface area contributed by atoms with E-state index in [1.807, 2.05) is 29.2 Å². The smallest absolute Gasteiger partial charge is 0.209 e. The van der Waals surface area contributed by atoms with Crippen LogP contribution in [0.1, 0.15) is 11.6 Å². The predicted octanol–water partition coefficient (Wildman–Crippen LogP) is 1.06. The van der Waals surface area contributed by atoms with Crippen molar-refractivity contribution in [3.05, 3.63) is 36.4 Å². The van der Waals surface area contributed by atoms with Crippen LogP contribution in [0.2, 0.25) is 0 Å². The second kappa shape index (κ2) is 3.54. The van der Waals surface area contributed by atoms with Crippen molar-refractivity contribution in [1.82, 2.24) is 19.9 Å². The van der Waals surface area contributed by atoms with Crippen molar-refractivity contribution >= 4 is 11.8 Å². The van der Waals surface area contributed by atoms with E-state index in [1.165, 1.54) is 5.56 Å². The Kier molecular flexibility index (Phi) is 2.06. The topological polar surface area (TPSA) is 55.6 Å². The lowest BCUT2D eigenvalue weighted by atomic mass is 10.1. The number of nitrogens with one attached hydrogen (secondary N) is 1. The van der Waals surface area contributed by atoms with Crippen molar-refractivity contribution in [3.8, 4) is 0 Å². The Morgan fingerprint density at radius 1 is 1.40 bits per heavy atom. The van der Waals surface area contributed by atoms with Crippen molar-refractivity contribution in [1.29, 1.82) is 0 Å². The fraction of sp³-hybridized carbons (Fsp3) is 0.222. The summed E-state index contributed by atoms with van der Waals surface area (Å²) in [6, 6.07) is 4.34. The number of aromatic nitrogens is 4. The third kappa shape index (κ3) is 1.56. The number of hydrogen-bond acceptors (Lipinski definition) is 5. The lowest BCUT2D eigenvalue weighted by Crippen LogP contribution is -2.27. The van der Waals surface area contributed by atoms with Crippen LogP contribution >= 0.6 is 11.8 Å². The molecule has 1 N–H and O–H groups in total. The van der Waals surface area contributed by atoms with Crippen LogP contribution in [-0.4, -0.2) is 25.6 Å². The minimum Gasteiger partial charge on any atom is -0.314 e.